The van der Waals surface area contributed by atoms with Gasteiger partial charge in [0.2, 0.25) is 0 Å². The highest BCUT2D eigenvalue weighted by molar-refractivity contribution is 7.80. The van der Waals surface area contributed by atoms with E-state index in [4.69, 9.17) is 21.7 Å². The average Bonchev–Trinajstić information content (AvgIpc) is 2.92. The van der Waals surface area contributed by atoms with Gasteiger partial charge in [0.1, 0.15) is 5.75 Å². The molecule has 0 bridgehead atoms. The lowest BCUT2D eigenvalue weighted by Gasteiger charge is -2.22. The van der Waals surface area contributed by atoms with Crippen molar-refractivity contribution in [2.24, 2.45) is 0 Å². The first-order valence-corrected chi connectivity index (χ1v) is 7.34. The summed E-state index contributed by atoms with van der Waals surface area (Å²) in [6.07, 6.45) is 2.46. The van der Waals surface area contributed by atoms with Gasteiger partial charge in [-0.3, -0.25) is 0 Å². The van der Waals surface area contributed by atoms with E-state index in [1.165, 1.54) is 0 Å². The summed E-state index contributed by atoms with van der Waals surface area (Å²) in [5.74, 6) is 0.782. The first-order valence-electron chi connectivity index (χ1n) is 6.94. The summed E-state index contributed by atoms with van der Waals surface area (Å²) < 4.78 is 11.0. The van der Waals surface area contributed by atoms with Crippen LogP contribution in [0.15, 0.2) is 18.2 Å². The van der Waals surface area contributed by atoms with Crippen LogP contribution in [0, 0.1) is 6.92 Å². The molecular formula is C15H22N2O2S. The Kier molecular flexibility index (Phi) is 5.20. The molecule has 0 spiro atoms. The molecule has 4 nitrogen and oxygen atoms in total. The second-order valence-electron chi connectivity index (χ2n) is 5.14. The predicted molar refractivity (Wildman–Crippen MR) is 85.5 cm³/mol. The topological polar surface area (TPSA) is 42.5 Å². The molecule has 20 heavy (non-hydrogen) atoms. The van der Waals surface area contributed by atoms with Gasteiger partial charge < -0.3 is 20.1 Å². The summed E-state index contributed by atoms with van der Waals surface area (Å²) in [5, 5.41) is 7.07. The largest absolute Gasteiger partial charge is 0.495 e. The van der Waals surface area contributed by atoms with Crippen LogP contribution in [0.4, 0.5) is 5.69 Å². The predicted octanol–water partition coefficient (Wildman–Crippen LogP) is 2.86. The van der Waals surface area contributed by atoms with E-state index in [0.29, 0.717) is 5.11 Å². The van der Waals surface area contributed by atoms with Crippen LogP contribution in [0.5, 0.6) is 5.75 Å². The highest BCUT2D eigenvalue weighted by atomic mass is 32.1. The molecule has 1 aliphatic rings. The Labute approximate surface area is 125 Å². The molecule has 2 N–H and O–H groups in total. The molecule has 1 heterocycles. The summed E-state index contributed by atoms with van der Waals surface area (Å²) in [6, 6.07) is 6.16. The SMILES string of the molecule is COc1ccc(C)cc1NC(=S)NC(C)C1CCCO1. The summed E-state index contributed by atoms with van der Waals surface area (Å²) in [5.41, 5.74) is 2.04. The third kappa shape index (κ3) is 3.84. The van der Waals surface area contributed by atoms with E-state index in [1.54, 1.807) is 7.11 Å². The Morgan fingerprint density at radius 1 is 1.50 bits per heavy atom. The van der Waals surface area contributed by atoms with Crippen molar-refractivity contribution >= 4 is 23.0 Å². The van der Waals surface area contributed by atoms with E-state index < -0.39 is 0 Å². The van der Waals surface area contributed by atoms with Crippen molar-refractivity contribution in [2.75, 3.05) is 19.0 Å². The molecule has 5 heteroatoms. The summed E-state index contributed by atoms with van der Waals surface area (Å²) >= 11 is 5.37. The van der Waals surface area contributed by atoms with Crippen LogP contribution < -0.4 is 15.4 Å². The number of methoxy groups -OCH3 is 1. The molecule has 2 unspecified atom stereocenters. The molecule has 1 aromatic rings. The molecule has 0 aromatic heterocycles. The van der Waals surface area contributed by atoms with Gasteiger partial charge in [-0.15, -0.1) is 0 Å². The lowest BCUT2D eigenvalue weighted by atomic mass is 10.1. The zero-order chi connectivity index (χ0) is 14.5. The number of hydrogen-bond donors (Lipinski definition) is 2. The number of ether oxygens (including phenoxy) is 2. The summed E-state index contributed by atoms with van der Waals surface area (Å²) in [7, 11) is 1.65. The molecule has 0 aliphatic carbocycles. The van der Waals surface area contributed by atoms with E-state index >= 15 is 0 Å². The van der Waals surface area contributed by atoms with Crippen molar-refractivity contribution in [3.05, 3.63) is 23.8 Å². The molecule has 2 atom stereocenters. The van der Waals surface area contributed by atoms with Gasteiger partial charge in [0.05, 0.1) is 24.9 Å². The van der Waals surface area contributed by atoms with Gasteiger partial charge in [-0.25, -0.2) is 0 Å². The maximum absolute atomic E-state index is 5.66. The Morgan fingerprint density at radius 2 is 2.30 bits per heavy atom. The Hall–Kier alpha value is -1.33. The molecule has 0 radical (unpaired) electrons. The number of benzene rings is 1. The van der Waals surface area contributed by atoms with Crippen LogP contribution in [0.25, 0.3) is 0 Å². The molecule has 110 valence electrons. The highest BCUT2D eigenvalue weighted by Crippen LogP contribution is 2.25. The minimum Gasteiger partial charge on any atom is -0.495 e. The van der Waals surface area contributed by atoms with Crippen molar-refractivity contribution in [3.63, 3.8) is 0 Å². The van der Waals surface area contributed by atoms with Gasteiger partial charge >= 0.3 is 0 Å². The van der Waals surface area contributed by atoms with Gasteiger partial charge in [-0.1, -0.05) is 6.07 Å². The number of rotatable bonds is 4. The molecule has 1 fully saturated rings. The molecule has 1 aromatic carbocycles. The second kappa shape index (κ2) is 6.90. The van der Waals surface area contributed by atoms with E-state index in [9.17, 15) is 0 Å². The number of aryl methyl sites for hydroxylation is 1. The van der Waals surface area contributed by atoms with Crippen LogP contribution in [0.3, 0.4) is 0 Å². The Balaban J connectivity index is 1.95. The van der Waals surface area contributed by atoms with Crippen LogP contribution in [-0.4, -0.2) is 31.0 Å². The number of anilines is 1. The molecule has 0 amide bonds. The zero-order valence-corrected chi connectivity index (χ0v) is 13.0. The van der Waals surface area contributed by atoms with E-state index in [0.717, 1.165) is 36.4 Å². The summed E-state index contributed by atoms with van der Waals surface area (Å²) in [4.78, 5) is 0. The van der Waals surface area contributed by atoms with Gasteiger partial charge in [-0.2, -0.15) is 0 Å². The van der Waals surface area contributed by atoms with Gasteiger partial charge in [0, 0.05) is 6.61 Å². The minimum absolute atomic E-state index is 0.202. The van der Waals surface area contributed by atoms with E-state index in [2.05, 4.69) is 17.6 Å². The number of thiocarbonyl (C=S) groups is 1. The van der Waals surface area contributed by atoms with Gasteiger partial charge in [-0.05, 0) is 56.6 Å². The smallest absolute Gasteiger partial charge is 0.171 e. The van der Waals surface area contributed by atoms with Gasteiger partial charge in [0.25, 0.3) is 0 Å². The average molecular weight is 294 g/mol. The maximum Gasteiger partial charge on any atom is 0.171 e. The van der Waals surface area contributed by atoms with Crippen LogP contribution in [0.1, 0.15) is 25.3 Å². The van der Waals surface area contributed by atoms with Crippen molar-refractivity contribution in [2.45, 2.75) is 38.8 Å². The van der Waals surface area contributed by atoms with Crippen molar-refractivity contribution in [3.8, 4) is 5.75 Å². The van der Waals surface area contributed by atoms with Crippen LogP contribution >= 0.6 is 12.2 Å². The van der Waals surface area contributed by atoms with Crippen LogP contribution in [0.2, 0.25) is 0 Å². The molecule has 1 saturated heterocycles. The molecule has 0 saturated carbocycles. The normalized spacial score (nSPS) is 19.4. The first kappa shape index (κ1) is 15.1. The molecule has 1 aliphatic heterocycles. The minimum atomic E-state index is 0.202. The molecule has 2 rings (SSSR count). The van der Waals surface area contributed by atoms with Crippen molar-refractivity contribution in [1.29, 1.82) is 0 Å². The second-order valence-corrected chi connectivity index (χ2v) is 5.55. The Morgan fingerprint density at radius 3 is 2.95 bits per heavy atom. The van der Waals surface area contributed by atoms with Crippen molar-refractivity contribution < 1.29 is 9.47 Å². The third-order valence-electron chi connectivity index (χ3n) is 3.48. The number of nitrogens with one attached hydrogen (secondary N) is 2. The highest BCUT2D eigenvalue weighted by Gasteiger charge is 2.22. The maximum atomic E-state index is 5.66. The lowest BCUT2D eigenvalue weighted by Crippen LogP contribution is -2.42. The third-order valence-corrected chi connectivity index (χ3v) is 3.70. The fourth-order valence-electron chi connectivity index (χ4n) is 2.37. The monoisotopic (exact) mass is 294 g/mol. The zero-order valence-electron chi connectivity index (χ0n) is 12.2. The first-order chi connectivity index (χ1) is 9.60. The Bertz CT molecular complexity index is 473. The van der Waals surface area contributed by atoms with E-state index in [-0.39, 0.29) is 12.1 Å². The lowest BCUT2D eigenvalue weighted by molar-refractivity contribution is 0.0895. The fourth-order valence-corrected chi connectivity index (χ4v) is 2.67. The van der Waals surface area contributed by atoms with Gasteiger partial charge in [0.15, 0.2) is 5.11 Å². The fraction of sp³-hybridized carbons (Fsp3) is 0.533. The standard InChI is InChI=1S/C15H22N2O2S/c1-10-6-7-14(18-3)12(9-10)17-15(20)16-11(2)13-5-4-8-19-13/h6-7,9,11,13H,4-5,8H2,1-3H3,(H2,16,17,20). The van der Waals surface area contributed by atoms with E-state index in [1.807, 2.05) is 25.1 Å². The van der Waals surface area contributed by atoms with Crippen LogP contribution in [-0.2, 0) is 4.74 Å². The quantitative estimate of drug-likeness (QED) is 0.836. The summed E-state index contributed by atoms with van der Waals surface area (Å²) in [6.45, 7) is 4.98. The molecular weight excluding hydrogens is 272 g/mol. The number of hydrogen-bond acceptors (Lipinski definition) is 3. The van der Waals surface area contributed by atoms with Crippen molar-refractivity contribution in [1.82, 2.24) is 5.32 Å².